The van der Waals surface area contributed by atoms with Crippen LogP contribution in [0.3, 0.4) is 0 Å². The van der Waals surface area contributed by atoms with E-state index in [0.717, 1.165) is 0 Å². The highest BCUT2D eigenvalue weighted by molar-refractivity contribution is 6.29. The molecule has 2 aromatic rings. The van der Waals surface area contributed by atoms with Crippen LogP contribution in [0.4, 0.5) is 5.82 Å². The molecule has 0 radical (unpaired) electrons. The van der Waals surface area contributed by atoms with Crippen molar-refractivity contribution >= 4 is 17.4 Å². The topological polar surface area (TPSA) is 76.7 Å². The lowest BCUT2D eigenvalue weighted by atomic mass is 10.5. The van der Waals surface area contributed by atoms with E-state index in [4.69, 9.17) is 16.1 Å². The first kappa shape index (κ1) is 9.85. The van der Waals surface area contributed by atoms with E-state index < -0.39 is 0 Å². The average Bonchev–Trinajstić information content (AvgIpc) is 2.62. The molecule has 7 heteroatoms. The molecule has 0 aliphatic carbocycles. The van der Waals surface area contributed by atoms with E-state index in [1.165, 1.54) is 6.33 Å². The number of halogens is 1. The smallest absolute Gasteiger partial charge is 0.245 e. The first-order chi connectivity index (χ1) is 7.24. The fourth-order valence-electron chi connectivity index (χ4n) is 1.01. The van der Waals surface area contributed by atoms with Crippen LogP contribution in [0.5, 0.6) is 0 Å². The fraction of sp³-hybridized carbons (Fsp3) is 0.250. The molecule has 0 spiro atoms. The molecular weight excluding hydrogens is 218 g/mol. The molecule has 0 saturated heterocycles. The van der Waals surface area contributed by atoms with Gasteiger partial charge in [0.1, 0.15) is 17.3 Å². The monoisotopic (exact) mass is 225 g/mol. The highest BCUT2D eigenvalue weighted by Gasteiger charge is 2.02. The predicted octanol–water partition coefficient (Wildman–Crippen LogP) is 1.43. The first-order valence-electron chi connectivity index (χ1n) is 4.24. The van der Waals surface area contributed by atoms with Gasteiger partial charge in [0.2, 0.25) is 5.89 Å². The van der Waals surface area contributed by atoms with Gasteiger partial charge in [-0.25, -0.2) is 9.97 Å². The number of hydrogen-bond acceptors (Lipinski definition) is 6. The Morgan fingerprint density at radius 3 is 3.00 bits per heavy atom. The van der Waals surface area contributed by atoms with Gasteiger partial charge in [0, 0.05) is 6.07 Å². The molecule has 0 aromatic carbocycles. The van der Waals surface area contributed by atoms with Gasteiger partial charge in [0.15, 0.2) is 5.82 Å². The first-order valence-corrected chi connectivity index (χ1v) is 4.62. The molecule has 0 fully saturated rings. The minimum Gasteiger partial charge on any atom is -0.361 e. The lowest BCUT2D eigenvalue weighted by Gasteiger charge is -2.00. The summed E-state index contributed by atoms with van der Waals surface area (Å²) in [6.45, 7) is 2.17. The Balaban J connectivity index is 1.99. The third kappa shape index (κ3) is 2.63. The van der Waals surface area contributed by atoms with Gasteiger partial charge < -0.3 is 9.84 Å². The molecule has 2 aromatic heterocycles. The maximum Gasteiger partial charge on any atom is 0.245 e. The Morgan fingerprint density at radius 1 is 1.47 bits per heavy atom. The van der Waals surface area contributed by atoms with Crippen LogP contribution in [0.15, 0.2) is 16.9 Å². The Labute approximate surface area is 90.7 Å². The zero-order chi connectivity index (χ0) is 10.7. The number of nitrogens with zero attached hydrogens (tertiary/aromatic N) is 4. The Morgan fingerprint density at radius 2 is 2.33 bits per heavy atom. The third-order valence-corrected chi connectivity index (χ3v) is 1.83. The summed E-state index contributed by atoms with van der Waals surface area (Å²) in [5, 5.41) is 7.03. The van der Waals surface area contributed by atoms with Gasteiger partial charge in [-0.3, -0.25) is 0 Å². The van der Waals surface area contributed by atoms with E-state index >= 15 is 0 Å². The van der Waals surface area contributed by atoms with E-state index in [1.807, 2.05) is 0 Å². The second kappa shape index (κ2) is 4.22. The zero-order valence-corrected chi connectivity index (χ0v) is 8.69. The van der Waals surface area contributed by atoms with E-state index in [0.29, 0.717) is 29.2 Å². The van der Waals surface area contributed by atoms with Gasteiger partial charge >= 0.3 is 0 Å². The lowest BCUT2D eigenvalue weighted by molar-refractivity contribution is 0.379. The third-order valence-electron chi connectivity index (χ3n) is 1.62. The molecule has 0 amide bonds. The molecule has 2 heterocycles. The summed E-state index contributed by atoms with van der Waals surface area (Å²) < 4.78 is 4.92. The molecule has 0 unspecified atom stereocenters. The van der Waals surface area contributed by atoms with Gasteiger partial charge in [-0.1, -0.05) is 16.8 Å². The molecule has 78 valence electrons. The zero-order valence-electron chi connectivity index (χ0n) is 7.94. The van der Waals surface area contributed by atoms with Gasteiger partial charge in [-0.05, 0) is 6.92 Å². The molecule has 0 aliphatic heterocycles. The van der Waals surface area contributed by atoms with Crippen molar-refractivity contribution in [2.24, 2.45) is 0 Å². The van der Waals surface area contributed by atoms with Gasteiger partial charge in [-0.2, -0.15) is 4.98 Å². The van der Waals surface area contributed by atoms with Crippen molar-refractivity contribution in [3.8, 4) is 0 Å². The second-order valence-corrected chi connectivity index (χ2v) is 3.20. The van der Waals surface area contributed by atoms with Crippen LogP contribution in [0, 0.1) is 6.92 Å². The highest BCUT2D eigenvalue weighted by Crippen LogP contribution is 2.09. The fourth-order valence-corrected chi connectivity index (χ4v) is 1.16. The van der Waals surface area contributed by atoms with Crippen molar-refractivity contribution in [1.82, 2.24) is 20.1 Å². The van der Waals surface area contributed by atoms with Crippen LogP contribution < -0.4 is 5.32 Å². The summed E-state index contributed by atoms with van der Waals surface area (Å²) >= 11 is 5.69. The van der Waals surface area contributed by atoms with Crippen LogP contribution in [0.2, 0.25) is 5.15 Å². The maximum atomic E-state index is 5.69. The van der Waals surface area contributed by atoms with Crippen molar-refractivity contribution in [3.63, 3.8) is 0 Å². The number of rotatable bonds is 3. The maximum absolute atomic E-state index is 5.69. The van der Waals surface area contributed by atoms with Gasteiger partial charge in [-0.15, -0.1) is 0 Å². The summed E-state index contributed by atoms with van der Waals surface area (Å²) in [7, 11) is 0. The molecule has 0 atom stereocenters. The SMILES string of the molecule is Cc1noc(CNc2cc(Cl)ncn2)n1. The lowest BCUT2D eigenvalue weighted by Crippen LogP contribution is -2.01. The Bertz CT molecular complexity index is 458. The summed E-state index contributed by atoms with van der Waals surface area (Å²) in [5.41, 5.74) is 0. The van der Waals surface area contributed by atoms with Gasteiger partial charge in [0.05, 0.1) is 6.54 Å². The standard InChI is InChI=1S/C8H8ClN5O/c1-5-13-8(15-14-5)3-10-7-2-6(9)11-4-12-7/h2,4H,3H2,1H3,(H,10,11,12). The largest absolute Gasteiger partial charge is 0.361 e. The highest BCUT2D eigenvalue weighted by atomic mass is 35.5. The van der Waals surface area contributed by atoms with Crippen molar-refractivity contribution in [2.75, 3.05) is 5.32 Å². The van der Waals surface area contributed by atoms with Crippen LogP contribution in [-0.2, 0) is 6.54 Å². The van der Waals surface area contributed by atoms with Crippen molar-refractivity contribution in [1.29, 1.82) is 0 Å². The van der Waals surface area contributed by atoms with E-state index in [2.05, 4.69) is 25.4 Å². The normalized spacial score (nSPS) is 10.3. The summed E-state index contributed by atoms with van der Waals surface area (Å²) in [6.07, 6.45) is 1.38. The van der Waals surface area contributed by atoms with Crippen LogP contribution in [0.1, 0.15) is 11.7 Å². The van der Waals surface area contributed by atoms with Crippen LogP contribution in [-0.4, -0.2) is 20.1 Å². The minimum atomic E-state index is 0.384. The number of anilines is 1. The van der Waals surface area contributed by atoms with Crippen LogP contribution in [0.25, 0.3) is 0 Å². The number of hydrogen-bond donors (Lipinski definition) is 1. The van der Waals surface area contributed by atoms with E-state index in [1.54, 1.807) is 13.0 Å². The van der Waals surface area contributed by atoms with Crippen LogP contribution >= 0.6 is 11.6 Å². The Kier molecular flexibility index (Phi) is 2.77. The molecule has 1 N–H and O–H groups in total. The van der Waals surface area contributed by atoms with Gasteiger partial charge in [0.25, 0.3) is 0 Å². The van der Waals surface area contributed by atoms with Crippen molar-refractivity contribution < 1.29 is 4.52 Å². The quantitative estimate of drug-likeness (QED) is 0.797. The second-order valence-electron chi connectivity index (χ2n) is 2.81. The predicted molar refractivity (Wildman–Crippen MR) is 53.4 cm³/mol. The average molecular weight is 226 g/mol. The molecule has 0 saturated carbocycles. The number of aromatic nitrogens is 4. The number of nitrogens with one attached hydrogen (secondary N) is 1. The molecule has 0 bridgehead atoms. The molecular formula is C8H8ClN5O. The molecule has 15 heavy (non-hydrogen) atoms. The summed E-state index contributed by atoms with van der Waals surface area (Å²) in [5.74, 6) is 1.72. The number of aryl methyl sites for hydroxylation is 1. The molecule has 6 nitrogen and oxygen atoms in total. The van der Waals surface area contributed by atoms with E-state index in [9.17, 15) is 0 Å². The Hall–Kier alpha value is -1.69. The van der Waals surface area contributed by atoms with Crippen molar-refractivity contribution in [2.45, 2.75) is 13.5 Å². The summed E-state index contributed by atoms with van der Waals surface area (Å²) in [6, 6.07) is 1.62. The van der Waals surface area contributed by atoms with E-state index in [-0.39, 0.29) is 0 Å². The summed E-state index contributed by atoms with van der Waals surface area (Å²) in [4.78, 5) is 11.8. The molecule has 0 aliphatic rings. The minimum absolute atomic E-state index is 0.384. The molecule has 2 rings (SSSR count). The van der Waals surface area contributed by atoms with Crippen molar-refractivity contribution in [3.05, 3.63) is 29.3 Å².